The second-order valence-electron chi connectivity index (χ2n) is 5.24. The SMILES string of the molecule is Cc1ccc(C(=O)NC2CC2)cc1-n1ccnc(N)c1=O. The molecule has 0 unspecified atom stereocenters. The molecule has 1 aliphatic rings. The van der Waals surface area contributed by atoms with Crippen LogP contribution in [0.1, 0.15) is 28.8 Å². The standard InChI is InChI=1S/C15H16N4O2/c1-9-2-3-10(14(20)18-11-4-5-11)8-12(9)19-7-6-17-13(16)15(19)21/h2-3,6-8,11H,4-5H2,1H3,(H2,16,17)(H,18,20). The maximum atomic E-state index is 12.1. The lowest BCUT2D eigenvalue weighted by molar-refractivity contribution is 0.0951. The summed E-state index contributed by atoms with van der Waals surface area (Å²) in [4.78, 5) is 27.9. The van der Waals surface area contributed by atoms with E-state index in [2.05, 4.69) is 10.3 Å². The van der Waals surface area contributed by atoms with Crippen LogP contribution in [-0.2, 0) is 0 Å². The zero-order chi connectivity index (χ0) is 15.0. The molecule has 3 N–H and O–H groups in total. The van der Waals surface area contributed by atoms with Crippen LogP contribution in [0.2, 0.25) is 0 Å². The molecule has 6 nitrogen and oxygen atoms in total. The third-order valence-corrected chi connectivity index (χ3v) is 3.51. The molecule has 1 aromatic heterocycles. The average Bonchev–Trinajstić information content (AvgIpc) is 3.26. The molecule has 1 saturated carbocycles. The van der Waals surface area contributed by atoms with Gasteiger partial charge in [0.1, 0.15) is 0 Å². The van der Waals surface area contributed by atoms with Crippen LogP contribution in [0.25, 0.3) is 5.69 Å². The highest BCUT2D eigenvalue weighted by atomic mass is 16.2. The maximum Gasteiger partial charge on any atom is 0.297 e. The van der Waals surface area contributed by atoms with E-state index in [1.54, 1.807) is 18.3 Å². The third-order valence-electron chi connectivity index (χ3n) is 3.51. The Morgan fingerprint density at radius 1 is 1.43 bits per heavy atom. The van der Waals surface area contributed by atoms with Gasteiger partial charge in [-0.3, -0.25) is 14.2 Å². The van der Waals surface area contributed by atoms with Gasteiger partial charge in [-0.2, -0.15) is 0 Å². The van der Waals surface area contributed by atoms with Crippen LogP contribution in [0.3, 0.4) is 0 Å². The summed E-state index contributed by atoms with van der Waals surface area (Å²) in [6, 6.07) is 5.57. The van der Waals surface area contributed by atoms with E-state index in [0.29, 0.717) is 17.3 Å². The van der Waals surface area contributed by atoms with E-state index in [0.717, 1.165) is 18.4 Å². The highest BCUT2D eigenvalue weighted by Gasteiger charge is 2.24. The Hall–Kier alpha value is -2.63. The number of hydrogen-bond donors (Lipinski definition) is 2. The van der Waals surface area contributed by atoms with E-state index in [9.17, 15) is 9.59 Å². The molecule has 0 atom stereocenters. The van der Waals surface area contributed by atoms with Crippen molar-refractivity contribution in [2.24, 2.45) is 0 Å². The Balaban J connectivity index is 2.03. The summed E-state index contributed by atoms with van der Waals surface area (Å²) in [5.41, 5.74) is 7.22. The van der Waals surface area contributed by atoms with Crippen LogP contribution < -0.4 is 16.6 Å². The van der Waals surface area contributed by atoms with Gasteiger partial charge in [0.15, 0.2) is 5.82 Å². The molecule has 3 rings (SSSR count). The predicted molar refractivity (Wildman–Crippen MR) is 79.5 cm³/mol. The van der Waals surface area contributed by atoms with Gasteiger partial charge in [-0.25, -0.2) is 4.98 Å². The van der Waals surface area contributed by atoms with Crippen molar-refractivity contribution in [1.82, 2.24) is 14.9 Å². The Kier molecular flexibility index (Phi) is 3.21. The summed E-state index contributed by atoms with van der Waals surface area (Å²) in [7, 11) is 0. The second-order valence-corrected chi connectivity index (χ2v) is 5.24. The minimum atomic E-state index is -0.389. The summed E-state index contributed by atoms with van der Waals surface area (Å²) >= 11 is 0. The zero-order valence-electron chi connectivity index (χ0n) is 11.7. The first kappa shape index (κ1) is 13.4. The van der Waals surface area contributed by atoms with Gasteiger partial charge in [0.05, 0.1) is 5.69 Å². The smallest absolute Gasteiger partial charge is 0.297 e. The van der Waals surface area contributed by atoms with Gasteiger partial charge in [0, 0.05) is 24.0 Å². The van der Waals surface area contributed by atoms with E-state index in [4.69, 9.17) is 5.73 Å². The Bertz CT molecular complexity index is 763. The molecule has 1 fully saturated rings. The van der Waals surface area contributed by atoms with Crippen molar-refractivity contribution >= 4 is 11.7 Å². The predicted octanol–water partition coefficient (Wildman–Crippen LogP) is 1.02. The number of hydrogen-bond acceptors (Lipinski definition) is 4. The number of nitrogens with zero attached hydrogens (tertiary/aromatic N) is 2. The quantitative estimate of drug-likeness (QED) is 0.880. The molecule has 21 heavy (non-hydrogen) atoms. The zero-order valence-corrected chi connectivity index (χ0v) is 11.7. The molecule has 0 aliphatic heterocycles. The highest BCUT2D eigenvalue weighted by molar-refractivity contribution is 5.95. The van der Waals surface area contributed by atoms with Gasteiger partial charge in [-0.15, -0.1) is 0 Å². The summed E-state index contributed by atoms with van der Waals surface area (Å²) < 4.78 is 1.41. The molecule has 1 aliphatic carbocycles. The first-order valence-electron chi connectivity index (χ1n) is 6.81. The number of nitrogen functional groups attached to an aromatic ring is 1. The topological polar surface area (TPSA) is 90.0 Å². The Morgan fingerprint density at radius 2 is 2.19 bits per heavy atom. The summed E-state index contributed by atoms with van der Waals surface area (Å²) in [5, 5.41) is 2.93. The number of carbonyl (C=O) groups is 1. The van der Waals surface area contributed by atoms with Crippen molar-refractivity contribution < 1.29 is 4.79 Å². The number of rotatable bonds is 3. The number of carbonyl (C=O) groups excluding carboxylic acids is 1. The first-order chi connectivity index (χ1) is 10.1. The van der Waals surface area contributed by atoms with E-state index in [-0.39, 0.29) is 17.3 Å². The maximum absolute atomic E-state index is 12.1. The molecule has 108 valence electrons. The van der Waals surface area contributed by atoms with Crippen LogP contribution in [0.4, 0.5) is 5.82 Å². The van der Waals surface area contributed by atoms with E-state index in [1.165, 1.54) is 10.8 Å². The fourth-order valence-electron chi connectivity index (χ4n) is 2.12. The molecule has 2 aromatic rings. The Labute approximate surface area is 121 Å². The molecular formula is C15H16N4O2. The lowest BCUT2D eigenvalue weighted by Gasteiger charge is -2.11. The van der Waals surface area contributed by atoms with Gasteiger partial charge < -0.3 is 11.1 Å². The van der Waals surface area contributed by atoms with Crippen molar-refractivity contribution in [3.63, 3.8) is 0 Å². The number of anilines is 1. The third kappa shape index (κ3) is 2.65. The van der Waals surface area contributed by atoms with Gasteiger partial charge >= 0.3 is 0 Å². The number of benzene rings is 1. The molecule has 1 amide bonds. The molecule has 6 heteroatoms. The number of aromatic nitrogens is 2. The molecule has 0 bridgehead atoms. The average molecular weight is 284 g/mol. The number of nitrogens with one attached hydrogen (secondary N) is 1. The van der Waals surface area contributed by atoms with E-state index in [1.807, 2.05) is 13.0 Å². The highest BCUT2D eigenvalue weighted by Crippen LogP contribution is 2.20. The van der Waals surface area contributed by atoms with E-state index < -0.39 is 0 Å². The number of amides is 1. The van der Waals surface area contributed by atoms with Crippen molar-refractivity contribution in [3.05, 3.63) is 52.1 Å². The second kappa shape index (κ2) is 5.05. The van der Waals surface area contributed by atoms with Crippen LogP contribution in [0.15, 0.2) is 35.4 Å². The summed E-state index contributed by atoms with van der Waals surface area (Å²) in [6.45, 7) is 1.88. The lowest BCUT2D eigenvalue weighted by Crippen LogP contribution is -2.26. The van der Waals surface area contributed by atoms with Crippen molar-refractivity contribution in [3.8, 4) is 5.69 Å². The normalized spacial score (nSPS) is 14.0. The molecule has 1 heterocycles. The minimum Gasteiger partial charge on any atom is -0.379 e. The fraction of sp³-hybridized carbons (Fsp3) is 0.267. The van der Waals surface area contributed by atoms with Crippen molar-refractivity contribution in [2.45, 2.75) is 25.8 Å². The fourth-order valence-corrected chi connectivity index (χ4v) is 2.12. The summed E-state index contributed by atoms with van der Waals surface area (Å²) in [5.74, 6) is -0.182. The molecular weight excluding hydrogens is 268 g/mol. The van der Waals surface area contributed by atoms with Gasteiger partial charge in [-0.05, 0) is 37.5 Å². The Morgan fingerprint density at radius 3 is 2.90 bits per heavy atom. The van der Waals surface area contributed by atoms with Gasteiger partial charge in [0.25, 0.3) is 11.5 Å². The van der Waals surface area contributed by atoms with Crippen LogP contribution >= 0.6 is 0 Å². The van der Waals surface area contributed by atoms with Crippen LogP contribution in [0.5, 0.6) is 0 Å². The number of nitrogens with two attached hydrogens (primary N) is 1. The van der Waals surface area contributed by atoms with Crippen LogP contribution in [0, 0.1) is 6.92 Å². The van der Waals surface area contributed by atoms with Crippen molar-refractivity contribution in [2.75, 3.05) is 5.73 Å². The van der Waals surface area contributed by atoms with E-state index >= 15 is 0 Å². The number of aryl methyl sites for hydroxylation is 1. The summed E-state index contributed by atoms with van der Waals surface area (Å²) in [6.07, 6.45) is 5.08. The van der Waals surface area contributed by atoms with Crippen molar-refractivity contribution in [1.29, 1.82) is 0 Å². The lowest BCUT2D eigenvalue weighted by atomic mass is 10.1. The monoisotopic (exact) mass is 284 g/mol. The minimum absolute atomic E-state index is 0.0651. The van der Waals surface area contributed by atoms with Gasteiger partial charge in [-0.1, -0.05) is 6.07 Å². The first-order valence-corrected chi connectivity index (χ1v) is 6.81. The molecule has 0 saturated heterocycles. The molecule has 1 aromatic carbocycles. The van der Waals surface area contributed by atoms with Crippen LogP contribution in [-0.4, -0.2) is 21.5 Å². The molecule has 0 radical (unpaired) electrons. The molecule has 0 spiro atoms. The largest absolute Gasteiger partial charge is 0.379 e. The van der Waals surface area contributed by atoms with Gasteiger partial charge in [0.2, 0.25) is 0 Å².